The summed E-state index contributed by atoms with van der Waals surface area (Å²) in [7, 11) is 0. The summed E-state index contributed by atoms with van der Waals surface area (Å²) in [4.78, 5) is 2.29. The van der Waals surface area contributed by atoms with Crippen LogP contribution >= 0.6 is 11.6 Å². The Bertz CT molecular complexity index is 465. The van der Waals surface area contributed by atoms with Crippen LogP contribution < -0.4 is 0 Å². The van der Waals surface area contributed by atoms with E-state index in [-0.39, 0.29) is 23.0 Å². The lowest BCUT2D eigenvalue weighted by molar-refractivity contribution is -0.0960. The number of hydrogen-bond donors (Lipinski definition) is 0. The molecular formula is C15H19ClFNO2. The van der Waals surface area contributed by atoms with Crippen LogP contribution in [-0.4, -0.2) is 43.4 Å². The van der Waals surface area contributed by atoms with Crippen molar-refractivity contribution in [2.45, 2.75) is 31.6 Å². The summed E-state index contributed by atoms with van der Waals surface area (Å²) < 4.78 is 25.0. The first-order chi connectivity index (χ1) is 9.72. The van der Waals surface area contributed by atoms with Gasteiger partial charge in [0.15, 0.2) is 0 Å². The van der Waals surface area contributed by atoms with E-state index in [1.54, 1.807) is 6.07 Å². The Balaban J connectivity index is 1.60. The van der Waals surface area contributed by atoms with E-state index in [4.69, 9.17) is 21.1 Å². The first kappa shape index (κ1) is 14.3. The number of hydrogen-bond acceptors (Lipinski definition) is 3. The van der Waals surface area contributed by atoms with E-state index in [9.17, 15) is 4.39 Å². The van der Waals surface area contributed by atoms with Crippen molar-refractivity contribution in [3.05, 3.63) is 34.6 Å². The lowest BCUT2D eigenvalue weighted by Gasteiger charge is -2.35. The first-order valence-corrected chi connectivity index (χ1v) is 7.49. The number of morpholine rings is 1. The van der Waals surface area contributed by atoms with Crippen molar-refractivity contribution in [2.75, 3.05) is 26.3 Å². The minimum Gasteiger partial charge on any atom is -0.375 e. The van der Waals surface area contributed by atoms with Crippen LogP contribution in [0.4, 0.5) is 4.39 Å². The Morgan fingerprint density at radius 2 is 2.10 bits per heavy atom. The van der Waals surface area contributed by atoms with Crippen molar-refractivity contribution in [1.82, 2.24) is 4.90 Å². The van der Waals surface area contributed by atoms with Gasteiger partial charge in [0.1, 0.15) is 5.82 Å². The lowest BCUT2D eigenvalue weighted by Crippen LogP contribution is -2.47. The third-order valence-electron chi connectivity index (χ3n) is 3.95. The third-order valence-corrected chi connectivity index (χ3v) is 4.25. The molecule has 0 bridgehead atoms. The van der Waals surface area contributed by atoms with E-state index >= 15 is 0 Å². The molecule has 0 saturated carbocycles. The molecule has 3 nitrogen and oxygen atoms in total. The Labute approximate surface area is 123 Å². The maximum atomic E-state index is 13.5. The number of halogens is 2. The van der Waals surface area contributed by atoms with Gasteiger partial charge in [0.2, 0.25) is 0 Å². The van der Waals surface area contributed by atoms with Crippen LogP contribution in [0.15, 0.2) is 18.2 Å². The predicted octanol–water partition coefficient (Wildman–Crippen LogP) is 2.86. The topological polar surface area (TPSA) is 21.7 Å². The van der Waals surface area contributed by atoms with Crippen LogP contribution in [-0.2, 0) is 16.0 Å². The first-order valence-electron chi connectivity index (χ1n) is 7.12. The van der Waals surface area contributed by atoms with E-state index in [0.29, 0.717) is 6.61 Å². The number of rotatable bonds is 3. The standard InChI is InChI=1S/C15H19ClFNO2/c16-12-4-3-11(8-13(12)17)9-18-5-7-20-15(10-18)14-2-1-6-19-14/h3-4,8,14-15H,1-2,5-7,9-10H2/t14-,15-/m0/s1. The van der Waals surface area contributed by atoms with Gasteiger partial charge in [-0.05, 0) is 30.5 Å². The molecule has 3 rings (SSSR count). The van der Waals surface area contributed by atoms with E-state index in [1.807, 2.05) is 6.07 Å². The molecule has 2 atom stereocenters. The zero-order chi connectivity index (χ0) is 13.9. The largest absolute Gasteiger partial charge is 0.375 e. The molecule has 0 aliphatic carbocycles. The molecule has 2 fully saturated rings. The highest BCUT2D eigenvalue weighted by atomic mass is 35.5. The van der Waals surface area contributed by atoms with Crippen LogP contribution in [0, 0.1) is 5.82 Å². The molecule has 1 aromatic carbocycles. The highest BCUT2D eigenvalue weighted by Crippen LogP contribution is 2.22. The molecule has 0 unspecified atom stereocenters. The average Bonchev–Trinajstić information content (AvgIpc) is 2.97. The molecule has 0 aromatic heterocycles. The predicted molar refractivity (Wildman–Crippen MR) is 75.4 cm³/mol. The summed E-state index contributed by atoms with van der Waals surface area (Å²) in [6.07, 6.45) is 2.56. The molecule has 2 saturated heterocycles. The highest BCUT2D eigenvalue weighted by molar-refractivity contribution is 6.30. The van der Waals surface area contributed by atoms with Crippen molar-refractivity contribution >= 4 is 11.6 Å². The second-order valence-electron chi connectivity index (χ2n) is 5.44. The van der Waals surface area contributed by atoms with Crippen LogP contribution in [0.5, 0.6) is 0 Å². The summed E-state index contributed by atoms with van der Waals surface area (Å²) in [6, 6.07) is 5.01. The van der Waals surface area contributed by atoms with Gasteiger partial charge in [0.05, 0.1) is 23.8 Å². The van der Waals surface area contributed by atoms with E-state index in [2.05, 4.69) is 4.90 Å². The summed E-state index contributed by atoms with van der Waals surface area (Å²) in [5, 5.41) is 0.174. The highest BCUT2D eigenvalue weighted by Gasteiger charge is 2.31. The zero-order valence-corrected chi connectivity index (χ0v) is 12.1. The van der Waals surface area contributed by atoms with Crippen LogP contribution in [0.2, 0.25) is 5.02 Å². The zero-order valence-electron chi connectivity index (χ0n) is 11.4. The fourth-order valence-corrected chi connectivity index (χ4v) is 3.01. The monoisotopic (exact) mass is 299 g/mol. The summed E-state index contributed by atoms with van der Waals surface area (Å²) in [6.45, 7) is 3.98. The van der Waals surface area contributed by atoms with Gasteiger partial charge in [-0.2, -0.15) is 0 Å². The molecule has 2 aliphatic rings. The summed E-state index contributed by atoms with van der Waals surface area (Å²) in [5.41, 5.74) is 0.944. The minimum atomic E-state index is -0.354. The molecule has 0 amide bonds. The average molecular weight is 300 g/mol. The molecule has 1 aromatic rings. The van der Waals surface area contributed by atoms with Gasteiger partial charge in [-0.15, -0.1) is 0 Å². The molecule has 2 heterocycles. The molecule has 0 spiro atoms. The maximum absolute atomic E-state index is 13.5. The van der Waals surface area contributed by atoms with Gasteiger partial charge in [-0.3, -0.25) is 4.90 Å². The van der Waals surface area contributed by atoms with Crippen LogP contribution in [0.25, 0.3) is 0 Å². The van der Waals surface area contributed by atoms with Crippen molar-refractivity contribution in [1.29, 1.82) is 0 Å². The van der Waals surface area contributed by atoms with E-state index in [1.165, 1.54) is 6.07 Å². The van der Waals surface area contributed by atoms with Crippen LogP contribution in [0.3, 0.4) is 0 Å². The number of benzene rings is 1. The summed E-state index contributed by atoms with van der Waals surface area (Å²) in [5.74, 6) is -0.354. The third kappa shape index (κ3) is 3.31. The van der Waals surface area contributed by atoms with Crippen LogP contribution in [0.1, 0.15) is 18.4 Å². The normalized spacial score (nSPS) is 27.9. The fraction of sp³-hybridized carbons (Fsp3) is 0.600. The molecule has 2 aliphatic heterocycles. The Kier molecular flexibility index (Phi) is 4.56. The van der Waals surface area contributed by atoms with Crippen molar-refractivity contribution in [3.63, 3.8) is 0 Å². The quantitative estimate of drug-likeness (QED) is 0.857. The molecular weight excluding hydrogens is 281 g/mol. The minimum absolute atomic E-state index is 0.142. The number of ether oxygens (including phenoxy) is 2. The van der Waals surface area contributed by atoms with E-state index < -0.39 is 0 Å². The molecule has 0 radical (unpaired) electrons. The van der Waals surface area contributed by atoms with Gasteiger partial charge >= 0.3 is 0 Å². The summed E-state index contributed by atoms with van der Waals surface area (Å²) >= 11 is 5.71. The fourth-order valence-electron chi connectivity index (χ4n) is 2.89. The Morgan fingerprint density at radius 3 is 2.85 bits per heavy atom. The smallest absolute Gasteiger partial charge is 0.142 e. The molecule has 5 heteroatoms. The van der Waals surface area contributed by atoms with Gasteiger partial charge in [-0.1, -0.05) is 17.7 Å². The second-order valence-corrected chi connectivity index (χ2v) is 5.85. The Morgan fingerprint density at radius 1 is 1.25 bits per heavy atom. The molecule has 110 valence electrons. The van der Waals surface area contributed by atoms with Gasteiger partial charge < -0.3 is 9.47 Å². The number of nitrogens with zero attached hydrogens (tertiary/aromatic N) is 1. The lowest BCUT2D eigenvalue weighted by atomic mass is 10.1. The van der Waals surface area contributed by atoms with Crippen molar-refractivity contribution in [3.8, 4) is 0 Å². The van der Waals surface area contributed by atoms with Crippen molar-refractivity contribution < 1.29 is 13.9 Å². The maximum Gasteiger partial charge on any atom is 0.142 e. The van der Waals surface area contributed by atoms with Gasteiger partial charge in [0.25, 0.3) is 0 Å². The Hall–Kier alpha value is -0.680. The SMILES string of the molecule is Fc1cc(CN2CCO[C@H]([C@@H]3CCCO3)C2)ccc1Cl. The van der Waals surface area contributed by atoms with E-state index in [0.717, 1.165) is 44.6 Å². The van der Waals surface area contributed by atoms with Crippen molar-refractivity contribution in [2.24, 2.45) is 0 Å². The molecule has 20 heavy (non-hydrogen) atoms. The molecule has 0 N–H and O–H groups in total. The van der Waals surface area contributed by atoms with Gasteiger partial charge in [-0.25, -0.2) is 4.39 Å². The second kappa shape index (κ2) is 6.39. The van der Waals surface area contributed by atoms with Gasteiger partial charge in [0, 0.05) is 26.2 Å².